The standard InChI is InChI=1S/C19H19N3O4/c1-11-8-13(12(2)22(11)14-5-6-14)9-16-17(23)20-19(25)21(18(16)24)10-15-4-3-7-26-15/h3-4,7-9,14H,5-6,10H2,1-2H3,(H,20,23,25)/b16-9-. The molecule has 26 heavy (non-hydrogen) atoms. The fraction of sp³-hybridized carbons (Fsp3) is 0.316. The summed E-state index contributed by atoms with van der Waals surface area (Å²) in [5, 5.41) is 2.23. The summed E-state index contributed by atoms with van der Waals surface area (Å²) in [7, 11) is 0. The normalized spacial score (nSPS) is 19.4. The third-order valence-electron chi connectivity index (χ3n) is 4.82. The maximum atomic E-state index is 12.8. The average molecular weight is 353 g/mol. The first kappa shape index (κ1) is 16.4. The van der Waals surface area contributed by atoms with Gasteiger partial charge in [0.05, 0.1) is 12.8 Å². The molecule has 2 fully saturated rings. The van der Waals surface area contributed by atoms with Crippen molar-refractivity contribution in [3.63, 3.8) is 0 Å². The van der Waals surface area contributed by atoms with Gasteiger partial charge in [0.2, 0.25) is 0 Å². The summed E-state index contributed by atoms with van der Waals surface area (Å²) >= 11 is 0. The third kappa shape index (κ3) is 2.75. The fourth-order valence-electron chi connectivity index (χ4n) is 3.39. The molecule has 2 aromatic rings. The predicted octanol–water partition coefficient (Wildman–Crippen LogP) is 2.69. The average Bonchev–Trinajstić information content (AvgIpc) is 3.20. The van der Waals surface area contributed by atoms with Gasteiger partial charge in [0.1, 0.15) is 11.3 Å². The highest BCUT2D eigenvalue weighted by molar-refractivity contribution is 6.31. The number of hydrogen-bond acceptors (Lipinski definition) is 4. The van der Waals surface area contributed by atoms with Crippen LogP contribution < -0.4 is 5.32 Å². The molecule has 0 aromatic carbocycles. The molecule has 2 aliphatic rings. The van der Waals surface area contributed by atoms with Gasteiger partial charge in [-0.15, -0.1) is 0 Å². The van der Waals surface area contributed by atoms with Crippen LogP contribution in [0.4, 0.5) is 4.79 Å². The van der Waals surface area contributed by atoms with E-state index in [1.54, 1.807) is 18.2 Å². The van der Waals surface area contributed by atoms with Crippen LogP contribution >= 0.6 is 0 Å². The zero-order valence-corrected chi connectivity index (χ0v) is 14.6. The van der Waals surface area contributed by atoms with Crippen molar-refractivity contribution in [1.29, 1.82) is 0 Å². The number of carbonyl (C=O) groups excluding carboxylic acids is 3. The number of furan rings is 1. The number of nitrogens with one attached hydrogen (secondary N) is 1. The van der Waals surface area contributed by atoms with Gasteiger partial charge in [-0.25, -0.2) is 4.79 Å². The maximum Gasteiger partial charge on any atom is 0.331 e. The van der Waals surface area contributed by atoms with Crippen molar-refractivity contribution in [3.05, 3.63) is 52.7 Å². The molecular weight excluding hydrogens is 334 g/mol. The second-order valence-corrected chi connectivity index (χ2v) is 6.72. The Balaban J connectivity index is 1.67. The maximum absolute atomic E-state index is 12.8. The molecule has 1 aliphatic heterocycles. The summed E-state index contributed by atoms with van der Waals surface area (Å²) in [6.45, 7) is 3.97. The van der Waals surface area contributed by atoms with Crippen molar-refractivity contribution >= 4 is 23.9 Å². The highest BCUT2D eigenvalue weighted by Crippen LogP contribution is 2.38. The van der Waals surface area contributed by atoms with Gasteiger partial charge < -0.3 is 8.98 Å². The molecule has 0 radical (unpaired) electrons. The second-order valence-electron chi connectivity index (χ2n) is 6.72. The molecule has 0 atom stereocenters. The molecule has 1 N–H and O–H groups in total. The first-order chi connectivity index (χ1) is 12.5. The quantitative estimate of drug-likeness (QED) is 0.676. The number of hydrogen-bond donors (Lipinski definition) is 1. The lowest BCUT2D eigenvalue weighted by Crippen LogP contribution is -2.53. The van der Waals surface area contributed by atoms with Crippen LogP contribution in [-0.4, -0.2) is 27.3 Å². The minimum Gasteiger partial charge on any atom is -0.467 e. The number of barbiturate groups is 1. The van der Waals surface area contributed by atoms with E-state index in [-0.39, 0.29) is 12.1 Å². The molecule has 0 bridgehead atoms. The van der Waals surface area contributed by atoms with Gasteiger partial charge in [0, 0.05) is 17.4 Å². The third-order valence-corrected chi connectivity index (χ3v) is 4.82. The van der Waals surface area contributed by atoms with Crippen LogP contribution in [0.2, 0.25) is 0 Å². The molecule has 1 aliphatic carbocycles. The van der Waals surface area contributed by atoms with Crippen LogP contribution in [0.15, 0.2) is 34.5 Å². The van der Waals surface area contributed by atoms with E-state index in [9.17, 15) is 14.4 Å². The van der Waals surface area contributed by atoms with E-state index in [1.165, 1.54) is 6.26 Å². The minimum absolute atomic E-state index is 0.0244. The number of amides is 4. The molecule has 134 valence electrons. The van der Waals surface area contributed by atoms with Gasteiger partial charge in [0.25, 0.3) is 11.8 Å². The second kappa shape index (κ2) is 6.01. The molecule has 1 saturated heterocycles. The Morgan fingerprint density at radius 2 is 2.04 bits per heavy atom. The van der Waals surface area contributed by atoms with Crippen molar-refractivity contribution in [2.24, 2.45) is 0 Å². The number of imide groups is 2. The van der Waals surface area contributed by atoms with Crippen molar-refractivity contribution in [2.75, 3.05) is 0 Å². The number of carbonyl (C=O) groups is 3. The first-order valence-electron chi connectivity index (χ1n) is 8.55. The Morgan fingerprint density at radius 1 is 1.27 bits per heavy atom. The zero-order chi connectivity index (χ0) is 18.4. The molecule has 4 amide bonds. The highest BCUT2D eigenvalue weighted by atomic mass is 16.3. The monoisotopic (exact) mass is 353 g/mol. The van der Waals surface area contributed by atoms with E-state index >= 15 is 0 Å². The smallest absolute Gasteiger partial charge is 0.331 e. The van der Waals surface area contributed by atoms with E-state index in [1.807, 2.05) is 19.9 Å². The lowest BCUT2D eigenvalue weighted by molar-refractivity contribution is -0.130. The van der Waals surface area contributed by atoms with E-state index in [0.717, 1.165) is 34.7 Å². The van der Waals surface area contributed by atoms with Gasteiger partial charge in [-0.05, 0) is 56.5 Å². The topological polar surface area (TPSA) is 84.6 Å². The van der Waals surface area contributed by atoms with Crippen LogP contribution in [0.25, 0.3) is 6.08 Å². The van der Waals surface area contributed by atoms with Crippen LogP contribution in [0, 0.1) is 13.8 Å². The molecule has 7 heteroatoms. The number of aryl methyl sites for hydroxylation is 1. The summed E-state index contributed by atoms with van der Waals surface area (Å²) < 4.78 is 7.44. The van der Waals surface area contributed by atoms with E-state index in [0.29, 0.717) is 11.8 Å². The van der Waals surface area contributed by atoms with Crippen molar-refractivity contribution in [1.82, 2.24) is 14.8 Å². The Bertz CT molecular complexity index is 932. The van der Waals surface area contributed by atoms with E-state index in [4.69, 9.17) is 4.42 Å². The predicted molar refractivity (Wildman–Crippen MR) is 93.0 cm³/mol. The van der Waals surface area contributed by atoms with Crippen LogP contribution in [0.1, 0.15) is 41.6 Å². The molecule has 0 unspecified atom stereocenters. The van der Waals surface area contributed by atoms with Gasteiger partial charge >= 0.3 is 6.03 Å². The molecule has 0 spiro atoms. The molecule has 1 saturated carbocycles. The number of urea groups is 1. The lowest BCUT2D eigenvalue weighted by atomic mass is 10.1. The summed E-state index contributed by atoms with van der Waals surface area (Å²) in [4.78, 5) is 38.0. The van der Waals surface area contributed by atoms with Gasteiger partial charge in [-0.2, -0.15) is 0 Å². The largest absolute Gasteiger partial charge is 0.467 e. The van der Waals surface area contributed by atoms with Gasteiger partial charge in [-0.3, -0.25) is 19.8 Å². The summed E-state index contributed by atoms with van der Waals surface area (Å²) in [5.74, 6) is -0.826. The SMILES string of the molecule is Cc1cc(/C=C2/C(=O)NC(=O)N(Cc3ccco3)C2=O)c(C)n1C1CC1. The molecule has 7 nitrogen and oxygen atoms in total. The molecule has 4 rings (SSSR count). The Labute approximate surface area is 150 Å². The number of nitrogens with zero attached hydrogens (tertiary/aromatic N) is 2. The summed E-state index contributed by atoms with van der Waals surface area (Å²) in [5.41, 5.74) is 2.89. The highest BCUT2D eigenvalue weighted by Gasteiger charge is 2.36. The Kier molecular flexibility index (Phi) is 3.79. The summed E-state index contributed by atoms with van der Waals surface area (Å²) in [6.07, 6.45) is 5.34. The molecule has 3 heterocycles. The molecule has 2 aromatic heterocycles. The van der Waals surface area contributed by atoms with E-state index < -0.39 is 17.8 Å². The zero-order valence-electron chi connectivity index (χ0n) is 14.6. The Hall–Kier alpha value is -3.09. The van der Waals surface area contributed by atoms with Crippen molar-refractivity contribution < 1.29 is 18.8 Å². The van der Waals surface area contributed by atoms with Crippen LogP contribution in [-0.2, 0) is 16.1 Å². The number of aromatic nitrogens is 1. The first-order valence-corrected chi connectivity index (χ1v) is 8.55. The minimum atomic E-state index is -0.739. The van der Waals surface area contributed by atoms with Gasteiger partial charge in [0.15, 0.2) is 0 Å². The molecular formula is C19H19N3O4. The summed E-state index contributed by atoms with van der Waals surface area (Å²) in [6, 6.07) is 5.08. The van der Waals surface area contributed by atoms with Crippen LogP contribution in [0.3, 0.4) is 0 Å². The fourth-order valence-corrected chi connectivity index (χ4v) is 3.39. The van der Waals surface area contributed by atoms with E-state index in [2.05, 4.69) is 9.88 Å². The lowest BCUT2D eigenvalue weighted by Gasteiger charge is -2.25. The van der Waals surface area contributed by atoms with Gasteiger partial charge in [-0.1, -0.05) is 0 Å². The van der Waals surface area contributed by atoms with Crippen molar-refractivity contribution in [2.45, 2.75) is 39.3 Å². The van der Waals surface area contributed by atoms with Crippen LogP contribution in [0.5, 0.6) is 0 Å². The van der Waals surface area contributed by atoms with Crippen molar-refractivity contribution in [3.8, 4) is 0 Å². The number of rotatable bonds is 4. The Morgan fingerprint density at radius 3 is 2.69 bits per heavy atom.